The van der Waals surface area contributed by atoms with Crippen LogP contribution < -0.4 is 5.32 Å². The van der Waals surface area contributed by atoms with Gasteiger partial charge in [-0.05, 0) is 50.1 Å². The van der Waals surface area contributed by atoms with Crippen LogP contribution in [-0.4, -0.2) is 35.1 Å². The minimum absolute atomic E-state index is 0.0860. The number of carbonyl (C=O) groups is 2. The van der Waals surface area contributed by atoms with E-state index in [1.165, 1.54) is 17.7 Å². The van der Waals surface area contributed by atoms with E-state index < -0.39 is 6.04 Å². The molecule has 162 valence electrons. The molecule has 0 radical (unpaired) electrons. The monoisotopic (exact) mass is 430 g/mol. The number of hydrogen-bond acceptors (Lipinski definition) is 3. The van der Waals surface area contributed by atoms with Crippen LogP contribution >= 0.6 is 11.8 Å². The summed E-state index contributed by atoms with van der Waals surface area (Å²) in [4.78, 5) is 28.3. The molecule has 0 saturated heterocycles. The molecule has 0 bridgehead atoms. The number of hydrogen-bond donors (Lipinski definition) is 1. The summed E-state index contributed by atoms with van der Waals surface area (Å²) in [5, 5.41) is 2.90. The summed E-state index contributed by atoms with van der Waals surface area (Å²) in [7, 11) is 0. The lowest BCUT2D eigenvalue weighted by Crippen LogP contribution is -2.47. The van der Waals surface area contributed by atoms with Gasteiger partial charge >= 0.3 is 0 Å². The maximum absolute atomic E-state index is 13.2. The standard InChI is InChI=1S/C24H31FN2O2S/c1-4-5-15-26-24(29)19(3)27(17-20-8-10-21(25)11-9-20)23(28)14-16-30-22-12-6-18(2)7-13-22/h6-13,19H,4-5,14-17H2,1-3H3,(H,26,29). The zero-order valence-electron chi connectivity index (χ0n) is 18.0. The van der Waals surface area contributed by atoms with Crippen molar-refractivity contribution in [2.75, 3.05) is 12.3 Å². The predicted molar refractivity (Wildman–Crippen MR) is 121 cm³/mol. The Morgan fingerprint density at radius 3 is 2.40 bits per heavy atom. The summed E-state index contributed by atoms with van der Waals surface area (Å²) in [5.41, 5.74) is 1.99. The van der Waals surface area contributed by atoms with E-state index in [4.69, 9.17) is 0 Å². The first-order valence-electron chi connectivity index (χ1n) is 10.4. The third-order valence-electron chi connectivity index (χ3n) is 4.87. The molecule has 0 aliphatic heterocycles. The number of benzene rings is 2. The molecule has 6 heteroatoms. The second kappa shape index (κ2) is 12.4. The van der Waals surface area contributed by atoms with Crippen molar-refractivity contribution in [1.29, 1.82) is 0 Å². The summed E-state index contributed by atoms with van der Waals surface area (Å²) in [6.07, 6.45) is 2.22. The average molecular weight is 431 g/mol. The van der Waals surface area contributed by atoms with Crippen LogP contribution in [0, 0.1) is 12.7 Å². The smallest absolute Gasteiger partial charge is 0.242 e. The van der Waals surface area contributed by atoms with Crippen molar-refractivity contribution in [3.05, 3.63) is 65.5 Å². The van der Waals surface area contributed by atoms with Crippen LogP contribution in [0.2, 0.25) is 0 Å². The second-order valence-corrected chi connectivity index (χ2v) is 8.55. The summed E-state index contributed by atoms with van der Waals surface area (Å²) >= 11 is 1.62. The van der Waals surface area contributed by atoms with Crippen molar-refractivity contribution in [2.45, 2.75) is 57.5 Å². The molecule has 30 heavy (non-hydrogen) atoms. The summed E-state index contributed by atoms with van der Waals surface area (Å²) in [5.74, 6) is 0.0603. The fraction of sp³-hybridized carbons (Fsp3) is 0.417. The maximum atomic E-state index is 13.2. The quantitative estimate of drug-likeness (QED) is 0.405. The highest BCUT2D eigenvalue weighted by Gasteiger charge is 2.25. The molecule has 1 atom stereocenters. The van der Waals surface area contributed by atoms with Gasteiger partial charge in [0, 0.05) is 30.2 Å². The van der Waals surface area contributed by atoms with E-state index >= 15 is 0 Å². The van der Waals surface area contributed by atoms with Gasteiger partial charge in [-0.2, -0.15) is 0 Å². The highest BCUT2D eigenvalue weighted by molar-refractivity contribution is 7.99. The van der Waals surface area contributed by atoms with Gasteiger partial charge in [-0.15, -0.1) is 11.8 Å². The number of nitrogens with one attached hydrogen (secondary N) is 1. The molecular weight excluding hydrogens is 399 g/mol. The first-order valence-corrected chi connectivity index (χ1v) is 11.4. The molecule has 2 amide bonds. The van der Waals surface area contributed by atoms with Gasteiger partial charge in [-0.3, -0.25) is 9.59 Å². The van der Waals surface area contributed by atoms with E-state index in [9.17, 15) is 14.0 Å². The fourth-order valence-corrected chi connectivity index (χ4v) is 3.78. The molecule has 2 aromatic rings. The fourth-order valence-electron chi connectivity index (χ4n) is 2.94. The SMILES string of the molecule is CCCCNC(=O)C(C)N(Cc1ccc(F)cc1)C(=O)CCSc1ccc(C)cc1. The Bertz CT molecular complexity index is 809. The highest BCUT2D eigenvalue weighted by atomic mass is 32.2. The van der Waals surface area contributed by atoms with Crippen LogP contribution in [-0.2, 0) is 16.1 Å². The van der Waals surface area contributed by atoms with Gasteiger partial charge in [0.15, 0.2) is 0 Å². The number of carbonyl (C=O) groups excluding carboxylic acids is 2. The lowest BCUT2D eigenvalue weighted by molar-refractivity contribution is -0.140. The molecule has 0 aliphatic carbocycles. The van der Waals surface area contributed by atoms with Crippen LogP contribution in [0.25, 0.3) is 0 Å². The Labute approximate surface area is 183 Å². The molecule has 1 N–H and O–H groups in total. The van der Waals surface area contributed by atoms with E-state index in [2.05, 4.69) is 12.2 Å². The van der Waals surface area contributed by atoms with Crippen LogP contribution in [0.4, 0.5) is 4.39 Å². The molecule has 0 spiro atoms. The Morgan fingerprint density at radius 1 is 1.10 bits per heavy atom. The van der Waals surface area contributed by atoms with Gasteiger partial charge in [0.2, 0.25) is 11.8 Å². The number of thioether (sulfide) groups is 1. The third-order valence-corrected chi connectivity index (χ3v) is 5.88. The van der Waals surface area contributed by atoms with Gasteiger partial charge in [-0.25, -0.2) is 4.39 Å². The average Bonchev–Trinajstić information content (AvgIpc) is 2.74. The molecule has 2 rings (SSSR count). The molecule has 2 aromatic carbocycles. The zero-order chi connectivity index (χ0) is 21.9. The van der Waals surface area contributed by atoms with E-state index in [0.717, 1.165) is 23.3 Å². The highest BCUT2D eigenvalue weighted by Crippen LogP contribution is 2.20. The lowest BCUT2D eigenvalue weighted by atomic mass is 10.1. The van der Waals surface area contributed by atoms with Crippen LogP contribution in [0.3, 0.4) is 0 Å². The molecule has 0 aromatic heterocycles. The second-order valence-electron chi connectivity index (χ2n) is 7.38. The maximum Gasteiger partial charge on any atom is 0.242 e. The minimum atomic E-state index is -0.594. The van der Waals surface area contributed by atoms with E-state index in [-0.39, 0.29) is 24.2 Å². The van der Waals surface area contributed by atoms with Crippen LogP contribution in [0.5, 0.6) is 0 Å². The minimum Gasteiger partial charge on any atom is -0.354 e. The van der Waals surface area contributed by atoms with Gasteiger partial charge in [0.25, 0.3) is 0 Å². The number of unbranched alkanes of at least 4 members (excludes halogenated alkanes) is 1. The van der Waals surface area contributed by atoms with Crippen LogP contribution in [0.15, 0.2) is 53.4 Å². The number of nitrogens with zero attached hydrogens (tertiary/aromatic N) is 1. The summed E-state index contributed by atoms with van der Waals surface area (Å²) < 4.78 is 13.2. The zero-order valence-corrected chi connectivity index (χ0v) is 18.8. The first kappa shape index (κ1) is 23.9. The van der Waals surface area contributed by atoms with Crippen molar-refractivity contribution in [3.8, 4) is 0 Å². The number of halogens is 1. The number of amides is 2. The Balaban J connectivity index is 2.02. The molecule has 0 saturated carbocycles. The van der Waals surface area contributed by atoms with Gasteiger partial charge in [0.05, 0.1) is 0 Å². The van der Waals surface area contributed by atoms with Gasteiger partial charge in [-0.1, -0.05) is 43.2 Å². The molecule has 1 unspecified atom stereocenters. The first-order chi connectivity index (χ1) is 14.4. The van der Waals surface area contributed by atoms with Crippen molar-refractivity contribution in [1.82, 2.24) is 10.2 Å². The predicted octanol–water partition coefficient (Wildman–Crippen LogP) is 4.95. The van der Waals surface area contributed by atoms with E-state index in [1.54, 1.807) is 35.7 Å². The molecule has 0 fully saturated rings. The lowest BCUT2D eigenvalue weighted by Gasteiger charge is -2.29. The summed E-state index contributed by atoms with van der Waals surface area (Å²) in [6.45, 7) is 6.72. The van der Waals surface area contributed by atoms with Gasteiger partial charge in [0.1, 0.15) is 11.9 Å². The van der Waals surface area contributed by atoms with E-state index in [0.29, 0.717) is 18.7 Å². The normalized spacial score (nSPS) is 11.7. The largest absolute Gasteiger partial charge is 0.354 e. The Hall–Kier alpha value is -2.34. The van der Waals surface area contributed by atoms with Crippen molar-refractivity contribution < 1.29 is 14.0 Å². The number of aryl methyl sites for hydroxylation is 1. The third kappa shape index (κ3) is 7.82. The van der Waals surface area contributed by atoms with Crippen molar-refractivity contribution in [2.24, 2.45) is 0 Å². The number of rotatable bonds is 11. The van der Waals surface area contributed by atoms with E-state index in [1.807, 2.05) is 31.2 Å². The molecule has 0 heterocycles. The van der Waals surface area contributed by atoms with Crippen LogP contribution in [0.1, 0.15) is 44.2 Å². The Kier molecular flexibility index (Phi) is 9.87. The molecular formula is C24H31FN2O2S. The van der Waals surface area contributed by atoms with Crippen molar-refractivity contribution >= 4 is 23.6 Å². The molecule has 4 nitrogen and oxygen atoms in total. The van der Waals surface area contributed by atoms with Crippen molar-refractivity contribution in [3.63, 3.8) is 0 Å². The van der Waals surface area contributed by atoms with Gasteiger partial charge < -0.3 is 10.2 Å². The summed E-state index contributed by atoms with van der Waals surface area (Å²) in [6, 6.07) is 13.6. The molecule has 0 aliphatic rings. The topological polar surface area (TPSA) is 49.4 Å². The Morgan fingerprint density at radius 2 is 1.77 bits per heavy atom.